The van der Waals surface area contributed by atoms with E-state index in [1.807, 2.05) is 56.3 Å². The molecule has 0 atom stereocenters. The summed E-state index contributed by atoms with van der Waals surface area (Å²) in [6, 6.07) is 18.0. The van der Waals surface area contributed by atoms with Crippen molar-refractivity contribution in [2.75, 3.05) is 25.6 Å². The van der Waals surface area contributed by atoms with Gasteiger partial charge in [-0.3, -0.25) is 4.79 Å². The Hall–Kier alpha value is -3.54. The van der Waals surface area contributed by atoms with Crippen LogP contribution in [0.2, 0.25) is 0 Å². The molecule has 1 N–H and O–H groups in total. The number of aryl methyl sites for hydroxylation is 2. The zero-order chi connectivity index (χ0) is 21.7. The zero-order valence-electron chi connectivity index (χ0n) is 18.1. The standard InChI is InChI=1S/C24H28N4O2/c1-17-8-6-10-22(12-17)28-18(2)13-20(19(28)3)15-25-26-24(29)16-30-23-11-7-9-21(14-23)27(4)5/h6-15H,16H2,1-5H3,(H,26,29)/b25-15+. The highest BCUT2D eigenvalue weighted by Gasteiger charge is 2.10. The number of amides is 1. The molecule has 30 heavy (non-hydrogen) atoms. The molecule has 0 unspecified atom stereocenters. The lowest BCUT2D eigenvalue weighted by Crippen LogP contribution is -2.24. The van der Waals surface area contributed by atoms with Gasteiger partial charge < -0.3 is 14.2 Å². The summed E-state index contributed by atoms with van der Waals surface area (Å²) in [6.45, 7) is 6.07. The summed E-state index contributed by atoms with van der Waals surface area (Å²) in [5.41, 5.74) is 8.98. The van der Waals surface area contributed by atoms with Gasteiger partial charge in [-0.05, 0) is 56.7 Å². The second kappa shape index (κ2) is 9.31. The number of hydrazone groups is 1. The molecule has 0 fully saturated rings. The van der Waals surface area contributed by atoms with Gasteiger partial charge in [-0.1, -0.05) is 18.2 Å². The molecule has 156 valence electrons. The minimum absolute atomic E-state index is 0.101. The first-order valence-corrected chi connectivity index (χ1v) is 9.83. The van der Waals surface area contributed by atoms with Crippen LogP contribution in [0.1, 0.15) is 22.5 Å². The lowest BCUT2D eigenvalue weighted by atomic mass is 10.2. The Bertz CT molecular complexity index is 1070. The third-order valence-corrected chi connectivity index (χ3v) is 4.83. The smallest absolute Gasteiger partial charge is 0.277 e. The van der Waals surface area contributed by atoms with Gasteiger partial charge in [0.1, 0.15) is 5.75 Å². The molecule has 0 spiro atoms. The Kier molecular flexibility index (Phi) is 6.57. The van der Waals surface area contributed by atoms with Crippen LogP contribution in [0.3, 0.4) is 0 Å². The maximum atomic E-state index is 12.1. The van der Waals surface area contributed by atoms with Crippen molar-refractivity contribution in [2.24, 2.45) is 5.10 Å². The molecule has 1 amide bonds. The minimum atomic E-state index is -0.311. The SMILES string of the molecule is Cc1cccc(-n2c(C)cc(/C=N/NC(=O)COc3cccc(N(C)C)c3)c2C)c1. The molecule has 0 aliphatic heterocycles. The van der Waals surface area contributed by atoms with Crippen molar-refractivity contribution in [3.8, 4) is 11.4 Å². The van der Waals surface area contributed by atoms with Gasteiger partial charge >= 0.3 is 0 Å². The predicted octanol–water partition coefficient (Wildman–Crippen LogP) is 4.00. The van der Waals surface area contributed by atoms with E-state index < -0.39 is 0 Å². The molecule has 0 radical (unpaired) electrons. The van der Waals surface area contributed by atoms with E-state index in [1.165, 1.54) is 5.56 Å². The Labute approximate surface area is 177 Å². The molecule has 6 heteroatoms. The molecule has 6 nitrogen and oxygen atoms in total. The van der Waals surface area contributed by atoms with Gasteiger partial charge in [-0.25, -0.2) is 5.43 Å². The second-order valence-electron chi connectivity index (χ2n) is 7.47. The number of rotatable bonds is 7. The first-order chi connectivity index (χ1) is 14.3. The highest BCUT2D eigenvalue weighted by atomic mass is 16.5. The molecular weight excluding hydrogens is 376 g/mol. The van der Waals surface area contributed by atoms with E-state index in [0.717, 1.165) is 28.3 Å². The Morgan fingerprint density at radius 3 is 2.60 bits per heavy atom. The molecule has 0 aliphatic rings. The van der Waals surface area contributed by atoms with Crippen LogP contribution in [0.4, 0.5) is 5.69 Å². The molecular formula is C24H28N4O2. The third-order valence-electron chi connectivity index (χ3n) is 4.83. The number of carbonyl (C=O) groups excluding carboxylic acids is 1. The maximum absolute atomic E-state index is 12.1. The van der Waals surface area contributed by atoms with Gasteiger partial charge in [-0.15, -0.1) is 0 Å². The highest BCUT2D eigenvalue weighted by Crippen LogP contribution is 2.21. The van der Waals surface area contributed by atoms with Crippen LogP contribution in [-0.2, 0) is 4.79 Å². The molecule has 1 aromatic heterocycles. The summed E-state index contributed by atoms with van der Waals surface area (Å²) >= 11 is 0. The number of carbonyl (C=O) groups is 1. The number of hydrogen-bond acceptors (Lipinski definition) is 4. The predicted molar refractivity (Wildman–Crippen MR) is 122 cm³/mol. The second-order valence-corrected chi connectivity index (χ2v) is 7.47. The van der Waals surface area contributed by atoms with Gasteiger partial charge in [0.15, 0.2) is 6.61 Å². The minimum Gasteiger partial charge on any atom is -0.484 e. The van der Waals surface area contributed by atoms with E-state index in [2.05, 4.69) is 53.2 Å². The van der Waals surface area contributed by atoms with E-state index in [0.29, 0.717) is 5.75 Å². The number of anilines is 1. The number of ether oxygens (including phenoxy) is 1. The van der Waals surface area contributed by atoms with Gasteiger partial charge in [0, 0.05) is 48.5 Å². The normalized spacial score (nSPS) is 11.0. The monoisotopic (exact) mass is 404 g/mol. The van der Waals surface area contributed by atoms with Crippen LogP contribution in [0.5, 0.6) is 5.75 Å². The van der Waals surface area contributed by atoms with Crippen molar-refractivity contribution in [3.63, 3.8) is 0 Å². The Balaban J connectivity index is 1.61. The fourth-order valence-corrected chi connectivity index (χ4v) is 3.29. The summed E-state index contributed by atoms with van der Waals surface area (Å²) in [4.78, 5) is 14.1. The summed E-state index contributed by atoms with van der Waals surface area (Å²) in [5, 5.41) is 4.10. The molecule has 2 aromatic carbocycles. The van der Waals surface area contributed by atoms with Gasteiger partial charge in [0.2, 0.25) is 0 Å². The van der Waals surface area contributed by atoms with E-state index in [4.69, 9.17) is 4.74 Å². The first-order valence-electron chi connectivity index (χ1n) is 9.83. The summed E-state index contributed by atoms with van der Waals surface area (Å²) in [6.07, 6.45) is 1.67. The Morgan fingerprint density at radius 2 is 1.87 bits per heavy atom. The van der Waals surface area contributed by atoms with Gasteiger partial charge in [-0.2, -0.15) is 5.10 Å². The van der Waals surface area contributed by atoms with E-state index in [9.17, 15) is 4.79 Å². The van der Waals surface area contributed by atoms with Crippen molar-refractivity contribution in [3.05, 3.63) is 77.1 Å². The largest absolute Gasteiger partial charge is 0.484 e. The third kappa shape index (κ3) is 5.08. The fraction of sp³-hybridized carbons (Fsp3) is 0.250. The average Bonchev–Trinajstić information content (AvgIpc) is 3.00. The molecule has 0 aliphatic carbocycles. The number of benzene rings is 2. The fourth-order valence-electron chi connectivity index (χ4n) is 3.29. The summed E-state index contributed by atoms with van der Waals surface area (Å²) in [7, 11) is 3.91. The molecule has 0 bridgehead atoms. The zero-order valence-corrected chi connectivity index (χ0v) is 18.1. The van der Waals surface area contributed by atoms with Crippen LogP contribution in [0, 0.1) is 20.8 Å². The summed E-state index contributed by atoms with van der Waals surface area (Å²) < 4.78 is 7.74. The quantitative estimate of drug-likeness (QED) is 0.478. The van der Waals surface area contributed by atoms with E-state index in [-0.39, 0.29) is 12.5 Å². The topological polar surface area (TPSA) is 58.9 Å². The van der Waals surface area contributed by atoms with E-state index >= 15 is 0 Å². The molecule has 3 aromatic rings. The van der Waals surface area contributed by atoms with Crippen LogP contribution < -0.4 is 15.1 Å². The van der Waals surface area contributed by atoms with Crippen molar-refractivity contribution >= 4 is 17.8 Å². The molecule has 1 heterocycles. The van der Waals surface area contributed by atoms with Crippen LogP contribution in [-0.4, -0.2) is 37.4 Å². The van der Waals surface area contributed by atoms with Crippen molar-refractivity contribution in [2.45, 2.75) is 20.8 Å². The van der Waals surface area contributed by atoms with Crippen molar-refractivity contribution < 1.29 is 9.53 Å². The van der Waals surface area contributed by atoms with Crippen LogP contribution in [0.15, 0.2) is 59.7 Å². The lowest BCUT2D eigenvalue weighted by molar-refractivity contribution is -0.123. The van der Waals surface area contributed by atoms with Gasteiger partial charge in [0.05, 0.1) is 6.21 Å². The number of nitrogens with zero attached hydrogens (tertiary/aromatic N) is 3. The summed E-state index contributed by atoms with van der Waals surface area (Å²) in [5.74, 6) is 0.330. The average molecular weight is 405 g/mol. The van der Waals surface area contributed by atoms with Crippen molar-refractivity contribution in [1.82, 2.24) is 9.99 Å². The van der Waals surface area contributed by atoms with Crippen LogP contribution in [0.25, 0.3) is 5.69 Å². The van der Waals surface area contributed by atoms with E-state index in [1.54, 1.807) is 6.21 Å². The molecule has 0 saturated carbocycles. The lowest BCUT2D eigenvalue weighted by Gasteiger charge is -2.13. The molecule has 0 saturated heterocycles. The first kappa shape index (κ1) is 21.2. The number of aromatic nitrogens is 1. The number of hydrogen-bond donors (Lipinski definition) is 1. The Morgan fingerprint density at radius 1 is 1.10 bits per heavy atom. The van der Waals surface area contributed by atoms with Crippen LogP contribution >= 0.6 is 0 Å². The highest BCUT2D eigenvalue weighted by molar-refractivity contribution is 5.84. The van der Waals surface area contributed by atoms with Gasteiger partial charge in [0.25, 0.3) is 5.91 Å². The molecule has 3 rings (SSSR count). The number of nitrogens with one attached hydrogen (secondary N) is 1. The maximum Gasteiger partial charge on any atom is 0.277 e. The van der Waals surface area contributed by atoms with Crippen molar-refractivity contribution in [1.29, 1.82) is 0 Å².